The minimum atomic E-state index is -0.730. The fourth-order valence-electron chi connectivity index (χ4n) is 7.94. The predicted molar refractivity (Wildman–Crippen MR) is 115 cm³/mol. The van der Waals surface area contributed by atoms with Crippen LogP contribution in [0.4, 0.5) is 0 Å². The highest BCUT2D eigenvalue weighted by Crippen LogP contribution is 2.66. The van der Waals surface area contributed by atoms with Gasteiger partial charge in [-0.2, -0.15) is 0 Å². The van der Waals surface area contributed by atoms with Crippen molar-refractivity contribution in [1.29, 1.82) is 0 Å². The molecule has 4 aliphatic carbocycles. The number of carbonyl (C=O) groups is 2. The first-order chi connectivity index (χ1) is 14.1. The molecule has 5 heteroatoms. The molecule has 0 saturated heterocycles. The first-order valence-corrected chi connectivity index (χ1v) is 11.9. The van der Waals surface area contributed by atoms with Crippen LogP contribution in [0.5, 0.6) is 0 Å². The lowest BCUT2D eigenvalue weighted by Crippen LogP contribution is -2.51. The van der Waals surface area contributed by atoms with E-state index in [9.17, 15) is 14.7 Å². The smallest absolute Gasteiger partial charge is 0.397 e. The minimum absolute atomic E-state index is 0.161. The minimum Gasteiger partial charge on any atom is -0.455 e. The Kier molecular flexibility index (Phi) is 5.57. The van der Waals surface area contributed by atoms with E-state index in [1.165, 1.54) is 29.7 Å². The number of esters is 1. The van der Waals surface area contributed by atoms with Gasteiger partial charge in [-0.3, -0.25) is 4.79 Å². The zero-order chi connectivity index (χ0) is 21.8. The molecule has 0 spiro atoms. The van der Waals surface area contributed by atoms with Gasteiger partial charge < -0.3 is 14.7 Å². The van der Waals surface area contributed by atoms with E-state index in [-0.39, 0.29) is 23.0 Å². The molecule has 3 saturated carbocycles. The molecule has 1 N–H and O–H groups in total. The Balaban J connectivity index is 1.51. The van der Waals surface area contributed by atoms with E-state index in [1.54, 1.807) is 14.1 Å². The molecule has 0 aromatic carbocycles. The van der Waals surface area contributed by atoms with Crippen molar-refractivity contribution < 1.29 is 19.4 Å². The fourth-order valence-corrected chi connectivity index (χ4v) is 7.94. The number of fused-ring (bicyclic) bond motifs is 5. The summed E-state index contributed by atoms with van der Waals surface area (Å²) in [6.45, 7) is 6.84. The Hall–Kier alpha value is -1.36. The Morgan fingerprint density at radius 2 is 1.87 bits per heavy atom. The molecule has 0 aliphatic heterocycles. The maximum Gasteiger partial charge on any atom is 0.397 e. The molecule has 1 amide bonds. The van der Waals surface area contributed by atoms with Crippen molar-refractivity contribution in [3.8, 4) is 0 Å². The van der Waals surface area contributed by atoms with Crippen LogP contribution in [-0.4, -0.2) is 48.2 Å². The van der Waals surface area contributed by atoms with Crippen LogP contribution in [0.25, 0.3) is 0 Å². The highest BCUT2D eigenvalue weighted by Gasteiger charge is 2.59. The van der Waals surface area contributed by atoms with Gasteiger partial charge in [-0.15, -0.1) is 0 Å². The van der Waals surface area contributed by atoms with Crippen molar-refractivity contribution >= 4 is 11.9 Å². The molecule has 30 heavy (non-hydrogen) atoms. The van der Waals surface area contributed by atoms with E-state index in [2.05, 4.69) is 19.9 Å². The number of aliphatic hydroxyl groups excluding tert-OH is 1. The Bertz CT molecular complexity index is 745. The van der Waals surface area contributed by atoms with Crippen molar-refractivity contribution in [3.63, 3.8) is 0 Å². The van der Waals surface area contributed by atoms with Crippen molar-refractivity contribution in [2.75, 3.05) is 14.1 Å². The van der Waals surface area contributed by atoms with E-state index in [1.807, 2.05) is 6.92 Å². The number of amides is 1. The predicted octanol–water partition coefficient (Wildman–Crippen LogP) is 3.95. The molecule has 0 radical (unpaired) electrons. The highest BCUT2D eigenvalue weighted by atomic mass is 16.5. The van der Waals surface area contributed by atoms with Gasteiger partial charge in [0, 0.05) is 20.0 Å². The third kappa shape index (κ3) is 3.32. The molecule has 4 aliphatic rings. The van der Waals surface area contributed by atoms with Crippen LogP contribution < -0.4 is 0 Å². The summed E-state index contributed by atoms with van der Waals surface area (Å²) >= 11 is 0. The average Bonchev–Trinajstić information content (AvgIpc) is 3.05. The van der Waals surface area contributed by atoms with Gasteiger partial charge in [0.15, 0.2) is 0 Å². The third-order valence-electron chi connectivity index (χ3n) is 9.59. The van der Waals surface area contributed by atoms with Gasteiger partial charge in [-0.1, -0.05) is 25.5 Å². The number of rotatable bonds is 2. The van der Waals surface area contributed by atoms with Gasteiger partial charge in [0.05, 0.1) is 6.10 Å². The molecule has 4 rings (SSSR count). The molecular formula is C25H39NO4. The lowest BCUT2D eigenvalue weighted by atomic mass is 9.47. The third-order valence-corrected chi connectivity index (χ3v) is 9.59. The lowest BCUT2D eigenvalue weighted by molar-refractivity contribution is -0.166. The number of hydrogen-bond acceptors (Lipinski definition) is 4. The van der Waals surface area contributed by atoms with Crippen molar-refractivity contribution in [2.24, 2.45) is 34.5 Å². The number of likely N-dealkylation sites (N-methyl/N-ethyl adjacent to an activating group) is 1. The van der Waals surface area contributed by atoms with Crippen LogP contribution in [0.1, 0.15) is 72.1 Å². The molecule has 5 nitrogen and oxygen atoms in total. The number of hydrogen-bond donors (Lipinski definition) is 1. The summed E-state index contributed by atoms with van der Waals surface area (Å²) in [5.74, 6) is 1.04. The zero-order valence-electron chi connectivity index (χ0n) is 19.3. The number of aliphatic hydroxyl groups is 1. The van der Waals surface area contributed by atoms with Crippen LogP contribution in [0, 0.1) is 34.5 Å². The lowest BCUT2D eigenvalue weighted by Gasteiger charge is -2.58. The maximum atomic E-state index is 12.2. The van der Waals surface area contributed by atoms with Crippen molar-refractivity contribution in [3.05, 3.63) is 11.6 Å². The van der Waals surface area contributed by atoms with E-state index >= 15 is 0 Å². The quantitative estimate of drug-likeness (QED) is 0.420. The topological polar surface area (TPSA) is 66.8 Å². The van der Waals surface area contributed by atoms with Crippen molar-refractivity contribution in [1.82, 2.24) is 4.90 Å². The molecular weight excluding hydrogens is 378 g/mol. The second-order valence-electron chi connectivity index (χ2n) is 11.2. The summed E-state index contributed by atoms with van der Waals surface area (Å²) in [6.07, 6.45) is 10.7. The van der Waals surface area contributed by atoms with Gasteiger partial charge in [0.2, 0.25) is 0 Å². The summed E-state index contributed by atoms with van der Waals surface area (Å²) in [4.78, 5) is 25.5. The molecule has 0 aromatic heterocycles. The Morgan fingerprint density at radius 1 is 1.13 bits per heavy atom. The zero-order valence-corrected chi connectivity index (χ0v) is 19.3. The summed E-state index contributed by atoms with van der Waals surface area (Å²) in [5, 5.41) is 10.2. The number of ether oxygens (including phenoxy) is 1. The standard InChI is InChI=1S/C25H39NO4/c1-15(30-23(29)22(28)26(4)5)19-8-9-20-18-7-6-16-14-17(27)10-12-24(16,2)21(18)11-13-25(19,20)3/h6,15,17-21,27H,7-14H2,1-5H3/t15-,17-,18-,19+,20-,21-,24-,25+/m0/s1. The normalized spacial score (nSPS) is 43.5. The van der Waals surface area contributed by atoms with Crippen LogP contribution in [0.3, 0.4) is 0 Å². The second kappa shape index (κ2) is 7.65. The average molecular weight is 418 g/mol. The summed E-state index contributed by atoms with van der Waals surface area (Å²) in [7, 11) is 3.16. The number of nitrogens with zero attached hydrogens (tertiary/aromatic N) is 1. The van der Waals surface area contributed by atoms with E-state index in [4.69, 9.17) is 4.74 Å². The van der Waals surface area contributed by atoms with Crippen LogP contribution in [0.15, 0.2) is 11.6 Å². The van der Waals surface area contributed by atoms with Crippen LogP contribution in [0.2, 0.25) is 0 Å². The van der Waals surface area contributed by atoms with Crippen LogP contribution in [-0.2, 0) is 14.3 Å². The molecule has 0 aromatic rings. The van der Waals surface area contributed by atoms with Gasteiger partial charge in [-0.25, -0.2) is 4.79 Å². The SMILES string of the molecule is C[C@H](OC(=O)C(=O)N(C)C)[C@H]1CC[C@H]2[C@@H]3CC=C4C[C@@H](O)CC[C@]4(C)[C@H]3CC[C@]12C. The largest absolute Gasteiger partial charge is 0.455 e. The summed E-state index contributed by atoms with van der Waals surface area (Å²) in [6, 6.07) is 0. The van der Waals surface area contributed by atoms with Crippen molar-refractivity contribution in [2.45, 2.75) is 84.3 Å². The second-order valence-corrected chi connectivity index (χ2v) is 11.2. The Morgan fingerprint density at radius 3 is 2.57 bits per heavy atom. The molecule has 168 valence electrons. The number of allylic oxidation sites excluding steroid dienone is 1. The first kappa shape index (κ1) is 21.9. The molecule has 0 unspecified atom stereocenters. The summed E-state index contributed by atoms with van der Waals surface area (Å²) < 4.78 is 5.66. The van der Waals surface area contributed by atoms with Gasteiger partial charge in [0.1, 0.15) is 6.10 Å². The fraction of sp³-hybridized carbons (Fsp3) is 0.840. The number of carbonyl (C=O) groups excluding carboxylic acids is 2. The van der Waals surface area contributed by atoms with Gasteiger partial charge in [-0.05, 0) is 86.9 Å². The first-order valence-electron chi connectivity index (χ1n) is 11.9. The highest BCUT2D eigenvalue weighted by molar-refractivity contribution is 6.32. The molecule has 3 fully saturated rings. The van der Waals surface area contributed by atoms with E-state index in [0.717, 1.165) is 32.1 Å². The Labute approximate surface area is 181 Å². The van der Waals surface area contributed by atoms with E-state index in [0.29, 0.717) is 23.7 Å². The van der Waals surface area contributed by atoms with Gasteiger partial charge in [0.25, 0.3) is 0 Å². The molecule has 0 heterocycles. The maximum absolute atomic E-state index is 12.2. The summed E-state index contributed by atoms with van der Waals surface area (Å²) in [5.41, 5.74) is 1.92. The van der Waals surface area contributed by atoms with Gasteiger partial charge >= 0.3 is 11.9 Å². The van der Waals surface area contributed by atoms with E-state index < -0.39 is 11.9 Å². The van der Waals surface area contributed by atoms with Crippen LogP contribution >= 0.6 is 0 Å². The molecule has 8 atom stereocenters. The molecule has 0 bridgehead atoms. The monoisotopic (exact) mass is 417 g/mol.